The van der Waals surface area contributed by atoms with Gasteiger partial charge >= 0.3 is 0 Å². The SMILES string of the molecule is NC(=O)c1ccc(CN2CC3CCCNC3C2)cc1. The Morgan fingerprint density at radius 3 is 2.79 bits per heavy atom. The number of nitrogens with one attached hydrogen (secondary N) is 1. The first-order valence-electron chi connectivity index (χ1n) is 7.07. The van der Waals surface area contributed by atoms with Gasteiger partial charge in [0.2, 0.25) is 5.91 Å². The van der Waals surface area contributed by atoms with E-state index in [1.807, 2.05) is 24.3 Å². The Morgan fingerprint density at radius 1 is 1.32 bits per heavy atom. The second kappa shape index (κ2) is 5.31. The van der Waals surface area contributed by atoms with E-state index in [2.05, 4.69) is 10.2 Å². The molecule has 0 aromatic heterocycles. The summed E-state index contributed by atoms with van der Waals surface area (Å²) in [5, 5.41) is 3.62. The molecular weight excluding hydrogens is 238 g/mol. The summed E-state index contributed by atoms with van der Waals surface area (Å²) in [6.07, 6.45) is 2.66. The zero-order valence-corrected chi connectivity index (χ0v) is 11.1. The Kier molecular flexibility index (Phi) is 3.53. The van der Waals surface area contributed by atoms with Crippen LogP contribution >= 0.6 is 0 Å². The molecule has 0 spiro atoms. The molecule has 2 unspecified atom stereocenters. The fraction of sp³-hybridized carbons (Fsp3) is 0.533. The van der Waals surface area contributed by atoms with E-state index in [1.54, 1.807) is 0 Å². The van der Waals surface area contributed by atoms with Crippen LogP contribution in [0.5, 0.6) is 0 Å². The van der Waals surface area contributed by atoms with Gasteiger partial charge in [-0.15, -0.1) is 0 Å². The number of primary amides is 1. The fourth-order valence-corrected chi connectivity index (χ4v) is 3.30. The summed E-state index contributed by atoms with van der Waals surface area (Å²) in [5.41, 5.74) is 7.09. The summed E-state index contributed by atoms with van der Waals surface area (Å²) >= 11 is 0. The molecule has 2 heterocycles. The summed E-state index contributed by atoms with van der Waals surface area (Å²) in [4.78, 5) is 13.5. The number of rotatable bonds is 3. The average molecular weight is 259 g/mol. The van der Waals surface area contributed by atoms with Crippen molar-refractivity contribution in [3.8, 4) is 0 Å². The van der Waals surface area contributed by atoms with Crippen LogP contribution in [0.3, 0.4) is 0 Å². The quantitative estimate of drug-likeness (QED) is 0.850. The molecule has 19 heavy (non-hydrogen) atoms. The maximum absolute atomic E-state index is 11.0. The Hall–Kier alpha value is -1.39. The minimum Gasteiger partial charge on any atom is -0.366 e. The topological polar surface area (TPSA) is 58.4 Å². The van der Waals surface area contributed by atoms with Crippen molar-refractivity contribution in [2.45, 2.75) is 25.4 Å². The summed E-state index contributed by atoms with van der Waals surface area (Å²) in [5.74, 6) is 0.460. The van der Waals surface area contributed by atoms with Crippen LogP contribution in [0.4, 0.5) is 0 Å². The van der Waals surface area contributed by atoms with Crippen molar-refractivity contribution < 1.29 is 4.79 Å². The molecule has 102 valence electrons. The molecule has 2 fully saturated rings. The summed E-state index contributed by atoms with van der Waals surface area (Å²) < 4.78 is 0. The van der Waals surface area contributed by atoms with Crippen LogP contribution in [0.2, 0.25) is 0 Å². The second-order valence-electron chi connectivity index (χ2n) is 5.72. The van der Waals surface area contributed by atoms with Gasteiger partial charge in [-0.25, -0.2) is 0 Å². The lowest BCUT2D eigenvalue weighted by molar-refractivity contribution is 0.100. The van der Waals surface area contributed by atoms with E-state index in [1.165, 1.54) is 31.5 Å². The molecule has 2 aliphatic heterocycles. The first-order valence-corrected chi connectivity index (χ1v) is 7.07. The van der Waals surface area contributed by atoms with Crippen LogP contribution < -0.4 is 11.1 Å². The highest BCUT2D eigenvalue weighted by Gasteiger charge is 2.33. The minimum absolute atomic E-state index is 0.358. The van der Waals surface area contributed by atoms with E-state index < -0.39 is 0 Å². The van der Waals surface area contributed by atoms with Gasteiger partial charge in [0.1, 0.15) is 0 Å². The van der Waals surface area contributed by atoms with Crippen LogP contribution in [-0.4, -0.2) is 36.5 Å². The average Bonchev–Trinajstić information content (AvgIpc) is 2.81. The number of hydrogen-bond acceptors (Lipinski definition) is 3. The molecular formula is C15H21N3O. The van der Waals surface area contributed by atoms with Crippen LogP contribution in [0.15, 0.2) is 24.3 Å². The Bertz CT molecular complexity index is 443. The number of hydrogen-bond donors (Lipinski definition) is 2. The molecule has 2 atom stereocenters. The van der Waals surface area contributed by atoms with Crippen molar-refractivity contribution >= 4 is 5.91 Å². The van der Waals surface area contributed by atoms with Gasteiger partial charge in [-0.05, 0) is 43.0 Å². The lowest BCUT2D eigenvalue weighted by Crippen LogP contribution is -2.40. The standard InChI is InChI=1S/C15H21N3O/c16-15(19)12-5-3-11(4-6-12)8-18-9-13-2-1-7-17-14(13)10-18/h3-6,13-14,17H,1-2,7-10H2,(H2,16,19). The number of nitrogens with two attached hydrogens (primary N) is 1. The van der Waals surface area contributed by atoms with Crippen LogP contribution in [-0.2, 0) is 6.54 Å². The van der Waals surface area contributed by atoms with Gasteiger partial charge in [0.25, 0.3) is 0 Å². The molecule has 0 saturated carbocycles. The van der Waals surface area contributed by atoms with Gasteiger partial charge in [0, 0.05) is 31.2 Å². The van der Waals surface area contributed by atoms with Gasteiger partial charge in [-0.1, -0.05) is 12.1 Å². The molecule has 1 aromatic rings. The summed E-state index contributed by atoms with van der Waals surface area (Å²) in [6.45, 7) is 4.47. The number of fused-ring (bicyclic) bond motifs is 1. The predicted octanol–water partition coefficient (Wildman–Crippen LogP) is 0.969. The maximum atomic E-state index is 11.0. The first kappa shape index (κ1) is 12.6. The normalized spacial score (nSPS) is 27.2. The van der Waals surface area contributed by atoms with E-state index in [9.17, 15) is 4.79 Å². The molecule has 2 saturated heterocycles. The fourth-order valence-electron chi connectivity index (χ4n) is 3.30. The van der Waals surface area contributed by atoms with E-state index >= 15 is 0 Å². The number of carbonyl (C=O) groups excluding carboxylic acids is 1. The number of benzene rings is 1. The van der Waals surface area contributed by atoms with Crippen LogP contribution in [0, 0.1) is 5.92 Å². The lowest BCUT2D eigenvalue weighted by Gasteiger charge is -2.24. The van der Waals surface area contributed by atoms with E-state index in [-0.39, 0.29) is 5.91 Å². The number of amides is 1. The van der Waals surface area contributed by atoms with Crippen LogP contribution in [0.1, 0.15) is 28.8 Å². The van der Waals surface area contributed by atoms with Crippen molar-refractivity contribution in [2.75, 3.05) is 19.6 Å². The molecule has 0 aliphatic carbocycles. The zero-order valence-electron chi connectivity index (χ0n) is 11.1. The zero-order chi connectivity index (χ0) is 13.2. The monoisotopic (exact) mass is 259 g/mol. The number of carbonyl (C=O) groups is 1. The molecule has 2 aliphatic rings. The van der Waals surface area contributed by atoms with Crippen molar-refractivity contribution in [2.24, 2.45) is 11.7 Å². The van der Waals surface area contributed by atoms with E-state index in [4.69, 9.17) is 5.73 Å². The third-order valence-corrected chi connectivity index (χ3v) is 4.32. The van der Waals surface area contributed by atoms with E-state index in [0.29, 0.717) is 11.6 Å². The van der Waals surface area contributed by atoms with Gasteiger partial charge in [0.05, 0.1) is 0 Å². The Labute approximate surface area is 114 Å². The molecule has 4 heteroatoms. The van der Waals surface area contributed by atoms with Crippen molar-refractivity contribution in [1.82, 2.24) is 10.2 Å². The molecule has 1 aromatic carbocycles. The highest BCUT2D eigenvalue weighted by molar-refractivity contribution is 5.92. The first-order chi connectivity index (χ1) is 9.22. The minimum atomic E-state index is -0.358. The van der Waals surface area contributed by atoms with Gasteiger partial charge in [-0.2, -0.15) is 0 Å². The molecule has 4 nitrogen and oxygen atoms in total. The highest BCUT2D eigenvalue weighted by Crippen LogP contribution is 2.26. The summed E-state index contributed by atoms with van der Waals surface area (Å²) in [7, 11) is 0. The smallest absolute Gasteiger partial charge is 0.248 e. The largest absolute Gasteiger partial charge is 0.366 e. The third-order valence-electron chi connectivity index (χ3n) is 4.32. The number of nitrogens with zero attached hydrogens (tertiary/aromatic N) is 1. The van der Waals surface area contributed by atoms with Gasteiger partial charge < -0.3 is 11.1 Å². The van der Waals surface area contributed by atoms with Crippen molar-refractivity contribution in [3.05, 3.63) is 35.4 Å². The molecule has 0 bridgehead atoms. The third kappa shape index (κ3) is 2.80. The molecule has 1 amide bonds. The second-order valence-corrected chi connectivity index (χ2v) is 5.72. The Morgan fingerprint density at radius 2 is 2.11 bits per heavy atom. The molecule has 3 N–H and O–H groups in total. The maximum Gasteiger partial charge on any atom is 0.248 e. The van der Waals surface area contributed by atoms with Crippen molar-refractivity contribution in [1.29, 1.82) is 0 Å². The van der Waals surface area contributed by atoms with Gasteiger partial charge in [-0.3, -0.25) is 9.69 Å². The highest BCUT2D eigenvalue weighted by atomic mass is 16.1. The predicted molar refractivity (Wildman–Crippen MR) is 74.8 cm³/mol. The Balaban J connectivity index is 1.61. The van der Waals surface area contributed by atoms with E-state index in [0.717, 1.165) is 19.0 Å². The molecule has 0 radical (unpaired) electrons. The lowest BCUT2D eigenvalue weighted by atomic mass is 9.94. The molecule has 3 rings (SSSR count). The van der Waals surface area contributed by atoms with Crippen molar-refractivity contribution in [3.63, 3.8) is 0 Å². The summed E-state index contributed by atoms with van der Waals surface area (Å²) in [6, 6.07) is 8.34. The van der Waals surface area contributed by atoms with Crippen LogP contribution in [0.25, 0.3) is 0 Å². The van der Waals surface area contributed by atoms with Gasteiger partial charge in [0.15, 0.2) is 0 Å². The number of likely N-dealkylation sites (tertiary alicyclic amines) is 1. The number of piperidine rings is 1.